The SMILES string of the molecule is CCN(CC)CCc1nc2c([nH]1)CC([N+](=O)[O-])(S(=O)(=O)c1cccc3cnccc13)C=C2. The third-order valence-corrected chi connectivity index (χ3v) is 8.35. The standard InChI is InChI=1S/C22H25N5O4S/c1-3-26(4-2)13-10-21-24-18-8-11-22(27(28)29,14-19(18)25-21)32(30,31)20-7-5-6-16-15-23-12-9-17(16)20/h5-9,11-12,15H,3-4,10,13-14H2,1-2H3,(H,24,25). The lowest BCUT2D eigenvalue weighted by Gasteiger charge is -2.25. The minimum atomic E-state index is -4.39. The Morgan fingerprint density at radius 3 is 2.75 bits per heavy atom. The fourth-order valence-electron chi connectivity index (χ4n) is 4.12. The highest BCUT2D eigenvalue weighted by molar-refractivity contribution is 7.93. The smallest absolute Gasteiger partial charge is 0.345 e. The average Bonchev–Trinajstić information content (AvgIpc) is 3.20. The first-order valence-corrected chi connectivity index (χ1v) is 12.0. The van der Waals surface area contributed by atoms with E-state index in [0.29, 0.717) is 34.4 Å². The fraction of sp³-hybridized carbons (Fsp3) is 0.364. The molecular formula is C22H25N5O4S. The molecule has 1 N–H and O–H groups in total. The van der Waals surface area contributed by atoms with Crippen molar-refractivity contribution in [2.45, 2.75) is 36.5 Å². The zero-order chi connectivity index (χ0) is 22.9. The molecule has 9 nitrogen and oxygen atoms in total. The van der Waals surface area contributed by atoms with Crippen molar-refractivity contribution in [3.63, 3.8) is 0 Å². The predicted octanol–water partition coefficient (Wildman–Crippen LogP) is 2.86. The molecule has 2 aromatic heterocycles. The number of imidazole rings is 1. The van der Waals surface area contributed by atoms with E-state index >= 15 is 0 Å². The molecule has 1 aliphatic carbocycles. The molecule has 0 saturated carbocycles. The molecule has 1 aromatic carbocycles. The van der Waals surface area contributed by atoms with Crippen LogP contribution < -0.4 is 0 Å². The number of benzene rings is 1. The summed E-state index contributed by atoms with van der Waals surface area (Å²) in [5.41, 5.74) is 1.01. The maximum Gasteiger partial charge on any atom is 0.347 e. The molecule has 168 valence electrons. The van der Waals surface area contributed by atoms with Gasteiger partial charge in [-0.05, 0) is 31.3 Å². The van der Waals surface area contributed by atoms with Gasteiger partial charge in [0, 0.05) is 47.1 Å². The summed E-state index contributed by atoms with van der Waals surface area (Å²) >= 11 is 0. The van der Waals surface area contributed by atoms with Gasteiger partial charge >= 0.3 is 4.87 Å². The molecule has 1 unspecified atom stereocenters. The van der Waals surface area contributed by atoms with Crippen LogP contribution in [-0.2, 0) is 22.7 Å². The maximum absolute atomic E-state index is 13.7. The number of sulfone groups is 1. The molecule has 0 bridgehead atoms. The molecule has 0 spiro atoms. The quantitative estimate of drug-likeness (QED) is 0.409. The van der Waals surface area contributed by atoms with Crippen LogP contribution in [-0.4, -0.2) is 57.7 Å². The number of hydrogen-bond donors (Lipinski definition) is 1. The fourth-order valence-corrected chi connectivity index (χ4v) is 6.01. The lowest BCUT2D eigenvalue weighted by molar-refractivity contribution is -0.526. The summed E-state index contributed by atoms with van der Waals surface area (Å²) in [5.74, 6) is 0.694. The van der Waals surface area contributed by atoms with E-state index in [1.807, 2.05) is 0 Å². The number of H-pyrrole nitrogens is 1. The van der Waals surface area contributed by atoms with Gasteiger partial charge in [-0.15, -0.1) is 0 Å². The van der Waals surface area contributed by atoms with Crippen LogP contribution in [0, 0.1) is 10.1 Å². The molecule has 3 aromatic rings. The van der Waals surface area contributed by atoms with Crippen molar-refractivity contribution < 1.29 is 13.3 Å². The van der Waals surface area contributed by atoms with Crippen molar-refractivity contribution in [3.8, 4) is 0 Å². The largest absolute Gasteiger partial charge is 0.347 e. The Bertz CT molecular complexity index is 1290. The summed E-state index contributed by atoms with van der Waals surface area (Å²) in [5, 5.41) is 13.3. The number of aromatic nitrogens is 3. The van der Waals surface area contributed by atoms with Crippen LogP contribution in [0.4, 0.5) is 0 Å². The Hall–Kier alpha value is -3.11. The van der Waals surface area contributed by atoms with Crippen LogP contribution in [0.2, 0.25) is 0 Å². The molecule has 1 aliphatic rings. The lowest BCUT2D eigenvalue weighted by Crippen LogP contribution is -2.47. The van der Waals surface area contributed by atoms with Gasteiger partial charge in [0.25, 0.3) is 9.84 Å². The topological polar surface area (TPSA) is 122 Å². The molecule has 0 amide bonds. The monoisotopic (exact) mass is 455 g/mol. The van der Waals surface area contributed by atoms with Crippen LogP contribution in [0.3, 0.4) is 0 Å². The van der Waals surface area contributed by atoms with Gasteiger partial charge in [-0.2, -0.15) is 0 Å². The van der Waals surface area contributed by atoms with Crippen LogP contribution >= 0.6 is 0 Å². The van der Waals surface area contributed by atoms with E-state index in [4.69, 9.17) is 0 Å². The Labute approximate surface area is 186 Å². The Balaban J connectivity index is 1.73. The number of fused-ring (bicyclic) bond motifs is 2. The predicted molar refractivity (Wildman–Crippen MR) is 121 cm³/mol. The minimum absolute atomic E-state index is 0.0801. The molecule has 10 heteroatoms. The Morgan fingerprint density at radius 2 is 2.03 bits per heavy atom. The summed E-state index contributed by atoms with van der Waals surface area (Å²) in [6, 6.07) is 6.28. The molecule has 0 aliphatic heterocycles. The highest BCUT2D eigenvalue weighted by atomic mass is 32.2. The number of rotatable bonds is 8. The highest BCUT2D eigenvalue weighted by Crippen LogP contribution is 2.38. The number of hydrogen-bond acceptors (Lipinski definition) is 7. The number of nitrogens with one attached hydrogen (secondary N) is 1. The second kappa shape index (κ2) is 8.44. The zero-order valence-corrected chi connectivity index (χ0v) is 18.8. The molecule has 0 fully saturated rings. The Kier molecular flexibility index (Phi) is 5.83. The van der Waals surface area contributed by atoms with E-state index in [1.165, 1.54) is 24.4 Å². The van der Waals surface area contributed by atoms with E-state index in [-0.39, 0.29) is 11.3 Å². The minimum Gasteiger partial charge on any atom is -0.345 e. The first-order valence-electron chi connectivity index (χ1n) is 10.5. The molecule has 1 atom stereocenters. The van der Waals surface area contributed by atoms with E-state index in [0.717, 1.165) is 19.6 Å². The number of nitro groups is 1. The molecule has 0 saturated heterocycles. The lowest BCUT2D eigenvalue weighted by atomic mass is 10.0. The van der Waals surface area contributed by atoms with Gasteiger partial charge in [-0.3, -0.25) is 15.1 Å². The van der Waals surface area contributed by atoms with Crippen molar-refractivity contribution in [2.75, 3.05) is 19.6 Å². The summed E-state index contributed by atoms with van der Waals surface area (Å²) in [6.45, 7) is 6.80. The van der Waals surface area contributed by atoms with Crippen LogP contribution in [0.5, 0.6) is 0 Å². The third kappa shape index (κ3) is 3.59. The number of pyridine rings is 1. The van der Waals surface area contributed by atoms with Gasteiger partial charge in [0.05, 0.1) is 22.7 Å². The maximum atomic E-state index is 13.7. The first kappa shape index (κ1) is 22.1. The third-order valence-electron chi connectivity index (χ3n) is 6.06. The van der Waals surface area contributed by atoms with Crippen LogP contribution in [0.25, 0.3) is 16.8 Å². The van der Waals surface area contributed by atoms with Crippen LogP contribution in [0.1, 0.15) is 31.1 Å². The van der Waals surface area contributed by atoms with Crippen molar-refractivity contribution in [3.05, 3.63) is 70.1 Å². The van der Waals surface area contributed by atoms with Crippen molar-refractivity contribution >= 4 is 26.7 Å². The molecule has 0 radical (unpaired) electrons. The van der Waals surface area contributed by atoms with E-state index in [9.17, 15) is 18.5 Å². The van der Waals surface area contributed by atoms with Crippen molar-refractivity contribution in [1.82, 2.24) is 19.9 Å². The molecular weight excluding hydrogens is 430 g/mol. The second-order valence-electron chi connectivity index (χ2n) is 7.79. The van der Waals surface area contributed by atoms with Crippen molar-refractivity contribution in [1.29, 1.82) is 0 Å². The number of likely N-dealkylation sites (N-methyl/N-ethyl adjacent to an activating group) is 1. The van der Waals surface area contributed by atoms with Crippen molar-refractivity contribution in [2.24, 2.45) is 0 Å². The van der Waals surface area contributed by atoms with Gasteiger partial charge in [-0.25, -0.2) is 13.4 Å². The molecule has 32 heavy (non-hydrogen) atoms. The van der Waals surface area contributed by atoms with Gasteiger partial charge in [0.2, 0.25) is 0 Å². The van der Waals surface area contributed by atoms with Gasteiger partial charge in [-0.1, -0.05) is 26.0 Å². The van der Waals surface area contributed by atoms with Gasteiger partial charge < -0.3 is 9.88 Å². The second-order valence-corrected chi connectivity index (χ2v) is 9.95. The Morgan fingerprint density at radius 1 is 1.25 bits per heavy atom. The average molecular weight is 456 g/mol. The number of nitrogens with zero attached hydrogens (tertiary/aromatic N) is 4. The highest BCUT2D eigenvalue weighted by Gasteiger charge is 2.57. The van der Waals surface area contributed by atoms with Gasteiger partial charge in [0.1, 0.15) is 5.82 Å². The summed E-state index contributed by atoms with van der Waals surface area (Å²) < 4.78 is 27.4. The number of aromatic amines is 1. The van der Waals surface area contributed by atoms with E-state index < -0.39 is 19.6 Å². The van der Waals surface area contributed by atoms with Crippen LogP contribution in [0.15, 0.2) is 47.6 Å². The first-order chi connectivity index (χ1) is 15.3. The summed E-state index contributed by atoms with van der Waals surface area (Å²) in [7, 11) is -4.39. The summed E-state index contributed by atoms with van der Waals surface area (Å²) in [4.78, 5) is 23.1. The van der Waals surface area contributed by atoms with Gasteiger partial charge in [0.15, 0.2) is 0 Å². The molecule has 4 rings (SSSR count). The van der Waals surface area contributed by atoms with E-state index in [1.54, 1.807) is 24.4 Å². The van der Waals surface area contributed by atoms with E-state index in [2.05, 4.69) is 33.7 Å². The zero-order valence-electron chi connectivity index (χ0n) is 18.0. The molecule has 2 heterocycles. The summed E-state index contributed by atoms with van der Waals surface area (Å²) in [6.07, 6.45) is 5.97. The normalized spacial score (nSPS) is 18.2.